The van der Waals surface area contributed by atoms with Crippen LogP contribution in [0.4, 0.5) is 0 Å². The molecule has 4 heteroatoms. The Kier molecular flexibility index (Phi) is 3.44. The van der Waals surface area contributed by atoms with Crippen LogP contribution < -0.4 is 0 Å². The number of aryl methyl sites for hydroxylation is 2. The lowest BCUT2D eigenvalue weighted by Gasteiger charge is -2.02. The van der Waals surface area contributed by atoms with E-state index >= 15 is 0 Å². The third-order valence-corrected chi connectivity index (χ3v) is 3.04. The first-order valence-corrected chi connectivity index (χ1v) is 6.02. The van der Waals surface area contributed by atoms with Crippen molar-refractivity contribution in [2.75, 3.05) is 0 Å². The number of hydrogen-bond donors (Lipinski definition) is 0. The molecule has 0 spiro atoms. The second-order valence-corrected chi connectivity index (χ2v) is 4.66. The van der Waals surface area contributed by atoms with Crippen LogP contribution in [0.3, 0.4) is 0 Å². The number of nitrogens with zero attached hydrogens (tertiary/aromatic N) is 3. The van der Waals surface area contributed by atoms with Crippen LogP contribution in [0.5, 0.6) is 0 Å². The van der Waals surface area contributed by atoms with Gasteiger partial charge in [0, 0.05) is 11.8 Å². The summed E-state index contributed by atoms with van der Waals surface area (Å²) in [6, 6.07) is 6.17. The predicted molar refractivity (Wildman–Crippen MR) is 73.4 cm³/mol. The minimum atomic E-state index is 0.786. The van der Waals surface area contributed by atoms with Gasteiger partial charge in [0.2, 0.25) is 0 Å². The van der Waals surface area contributed by atoms with E-state index in [0.717, 1.165) is 22.0 Å². The van der Waals surface area contributed by atoms with Gasteiger partial charge in [0.15, 0.2) is 5.82 Å². The van der Waals surface area contributed by atoms with Crippen molar-refractivity contribution >= 4 is 24.3 Å². The molecule has 0 unspecified atom stereocenters. The van der Waals surface area contributed by atoms with E-state index in [1.165, 1.54) is 17.1 Å². The number of benzene rings is 1. The summed E-state index contributed by atoms with van der Waals surface area (Å²) in [5, 5.41) is 0.977. The zero-order valence-corrected chi connectivity index (χ0v) is 10.7. The number of rotatable bonds is 3. The quantitative estimate of drug-likeness (QED) is 0.774. The summed E-state index contributed by atoms with van der Waals surface area (Å²) < 4.78 is 4.31. The van der Waals surface area contributed by atoms with Gasteiger partial charge < -0.3 is 0 Å². The molecule has 0 N–H and O–H groups in total. The van der Waals surface area contributed by atoms with Gasteiger partial charge in [-0.15, -0.1) is 0 Å². The fourth-order valence-electron chi connectivity index (χ4n) is 1.51. The highest BCUT2D eigenvalue weighted by Gasteiger charge is 2.05. The highest BCUT2D eigenvalue weighted by Crippen LogP contribution is 2.22. The Morgan fingerprint density at radius 3 is 2.82 bits per heavy atom. The highest BCUT2D eigenvalue weighted by atomic mass is 32.1. The smallest absolute Gasteiger partial charge is 0.173 e. The molecule has 2 rings (SSSR count). The van der Waals surface area contributed by atoms with E-state index < -0.39 is 0 Å². The first-order valence-electron chi connectivity index (χ1n) is 5.24. The molecule has 3 nitrogen and oxygen atoms in total. The average molecular weight is 243 g/mol. The third-order valence-electron chi connectivity index (χ3n) is 2.42. The minimum Gasteiger partial charge on any atom is -0.272 e. The van der Waals surface area contributed by atoms with Crippen LogP contribution in [-0.4, -0.2) is 16.1 Å². The lowest BCUT2D eigenvalue weighted by molar-refractivity contribution is 1.25. The second kappa shape index (κ2) is 5.01. The zero-order valence-electron chi connectivity index (χ0n) is 9.84. The Morgan fingerprint density at radius 1 is 1.35 bits per heavy atom. The molecule has 1 aromatic carbocycles. The van der Waals surface area contributed by atoms with E-state index in [0.29, 0.717) is 0 Å². The van der Waals surface area contributed by atoms with E-state index in [2.05, 4.69) is 40.1 Å². The molecule has 0 aliphatic rings. The first kappa shape index (κ1) is 11.7. The summed E-state index contributed by atoms with van der Waals surface area (Å²) in [6.45, 7) is 7.45. The average Bonchev–Trinajstić information content (AvgIpc) is 2.75. The van der Waals surface area contributed by atoms with Gasteiger partial charge in [0.25, 0.3) is 0 Å². The number of aliphatic imine (C=N–C) groups is 1. The topological polar surface area (TPSA) is 38.1 Å². The predicted octanol–water partition coefficient (Wildman–Crippen LogP) is 3.49. The van der Waals surface area contributed by atoms with Crippen LogP contribution in [0.15, 0.2) is 29.4 Å². The maximum Gasteiger partial charge on any atom is 0.173 e. The van der Waals surface area contributed by atoms with Gasteiger partial charge in [-0.1, -0.05) is 12.1 Å². The molecule has 0 fully saturated rings. The molecule has 1 aromatic heterocycles. The molecule has 0 saturated heterocycles. The molecule has 0 radical (unpaired) electrons. The summed E-state index contributed by atoms with van der Waals surface area (Å²) in [7, 11) is 0. The van der Waals surface area contributed by atoms with Crippen molar-refractivity contribution in [2.45, 2.75) is 13.8 Å². The standard InChI is InChI=1S/C13H13N3S/c1-9-4-5-12(8-11(9)6-7-14-3)13-15-10(2)17-16-13/h4-8H,3H2,1-2H3/b7-6-. The van der Waals surface area contributed by atoms with Crippen molar-refractivity contribution in [2.24, 2.45) is 4.99 Å². The summed E-state index contributed by atoms with van der Waals surface area (Å²) in [5.74, 6) is 0.786. The van der Waals surface area contributed by atoms with Gasteiger partial charge in [0.1, 0.15) is 5.01 Å². The number of hydrogen-bond acceptors (Lipinski definition) is 4. The van der Waals surface area contributed by atoms with Crippen molar-refractivity contribution in [1.29, 1.82) is 0 Å². The van der Waals surface area contributed by atoms with Crippen molar-refractivity contribution in [1.82, 2.24) is 9.36 Å². The van der Waals surface area contributed by atoms with Crippen molar-refractivity contribution in [3.8, 4) is 11.4 Å². The monoisotopic (exact) mass is 243 g/mol. The largest absolute Gasteiger partial charge is 0.272 e. The van der Waals surface area contributed by atoms with Gasteiger partial charge in [-0.2, -0.15) is 4.37 Å². The fourth-order valence-corrected chi connectivity index (χ4v) is 2.00. The first-order chi connectivity index (χ1) is 8.20. The molecular formula is C13H13N3S. The molecule has 17 heavy (non-hydrogen) atoms. The van der Waals surface area contributed by atoms with Crippen LogP contribution >= 0.6 is 11.5 Å². The van der Waals surface area contributed by atoms with E-state index in [1.54, 1.807) is 6.20 Å². The molecule has 0 aliphatic heterocycles. The molecule has 86 valence electrons. The van der Waals surface area contributed by atoms with Gasteiger partial charge in [-0.25, -0.2) is 4.98 Å². The summed E-state index contributed by atoms with van der Waals surface area (Å²) in [5.41, 5.74) is 3.34. The Labute approximate surface area is 105 Å². The zero-order chi connectivity index (χ0) is 12.3. The van der Waals surface area contributed by atoms with Crippen molar-refractivity contribution < 1.29 is 0 Å². The van der Waals surface area contributed by atoms with E-state index in [1.807, 2.05) is 19.1 Å². The van der Waals surface area contributed by atoms with Crippen molar-refractivity contribution in [3.63, 3.8) is 0 Å². The minimum absolute atomic E-state index is 0.786. The van der Waals surface area contributed by atoms with E-state index in [4.69, 9.17) is 0 Å². The highest BCUT2D eigenvalue weighted by molar-refractivity contribution is 7.05. The molecule has 0 saturated carbocycles. The van der Waals surface area contributed by atoms with Gasteiger partial charge >= 0.3 is 0 Å². The molecule has 1 heterocycles. The third kappa shape index (κ3) is 2.65. The second-order valence-electron chi connectivity index (χ2n) is 3.71. The summed E-state index contributed by atoms with van der Waals surface area (Å²) in [6.07, 6.45) is 3.62. The van der Waals surface area contributed by atoms with Crippen LogP contribution in [0.2, 0.25) is 0 Å². The molecular weight excluding hydrogens is 230 g/mol. The van der Waals surface area contributed by atoms with E-state index in [-0.39, 0.29) is 0 Å². The maximum absolute atomic E-state index is 4.38. The summed E-state index contributed by atoms with van der Waals surface area (Å²) in [4.78, 5) is 8.10. The lowest BCUT2D eigenvalue weighted by atomic mass is 10.0. The number of aromatic nitrogens is 2. The molecule has 2 aromatic rings. The van der Waals surface area contributed by atoms with Crippen molar-refractivity contribution in [3.05, 3.63) is 40.5 Å². The SMILES string of the molecule is C=N/C=C\c1cc(-c2nsc(C)n2)ccc1C. The van der Waals surface area contributed by atoms with Crippen LogP contribution in [0.1, 0.15) is 16.1 Å². The maximum atomic E-state index is 4.38. The van der Waals surface area contributed by atoms with E-state index in [9.17, 15) is 0 Å². The van der Waals surface area contributed by atoms with Crippen LogP contribution in [-0.2, 0) is 0 Å². The van der Waals surface area contributed by atoms with Gasteiger partial charge in [-0.05, 0) is 55.4 Å². The molecule has 0 aliphatic carbocycles. The summed E-state index contributed by atoms with van der Waals surface area (Å²) >= 11 is 1.42. The normalized spacial score (nSPS) is 10.9. The molecule has 0 atom stereocenters. The van der Waals surface area contributed by atoms with Gasteiger partial charge in [0.05, 0.1) is 0 Å². The Hall–Kier alpha value is -1.81. The Morgan fingerprint density at radius 2 is 2.18 bits per heavy atom. The molecule has 0 bridgehead atoms. The molecule has 0 amide bonds. The lowest BCUT2D eigenvalue weighted by Crippen LogP contribution is -1.85. The Bertz CT molecular complexity index is 570. The van der Waals surface area contributed by atoms with Crippen LogP contribution in [0, 0.1) is 13.8 Å². The van der Waals surface area contributed by atoms with Gasteiger partial charge in [-0.3, -0.25) is 4.99 Å². The van der Waals surface area contributed by atoms with Crippen LogP contribution in [0.25, 0.3) is 17.5 Å². The fraction of sp³-hybridized carbons (Fsp3) is 0.154. The Balaban J connectivity index is 2.43.